The quantitative estimate of drug-likeness (QED) is 0.909. The van der Waals surface area contributed by atoms with Crippen molar-refractivity contribution in [3.63, 3.8) is 0 Å². The third kappa shape index (κ3) is 4.00. The van der Waals surface area contributed by atoms with Crippen molar-refractivity contribution in [2.24, 2.45) is 0 Å². The lowest BCUT2D eigenvalue weighted by atomic mass is 10.2. The number of halogens is 1. The van der Waals surface area contributed by atoms with E-state index in [0.29, 0.717) is 5.82 Å². The number of hydrogen-bond donors (Lipinski definition) is 1. The Morgan fingerprint density at radius 2 is 2.12 bits per heavy atom. The van der Waals surface area contributed by atoms with Crippen molar-refractivity contribution in [1.29, 1.82) is 0 Å². The van der Waals surface area contributed by atoms with Crippen molar-refractivity contribution in [1.82, 2.24) is 9.88 Å². The minimum Gasteiger partial charge on any atom is -0.359 e. The highest BCUT2D eigenvalue weighted by molar-refractivity contribution is 9.10. The summed E-state index contributed by atoms with van der Waals surface area (Å²) in [6.45, 7) is 7.27. The molecule has 1 aromatic heterocycles. The van der Waals surface area contributed by atoms with E-state index in [9.17, 15) is 4.79 Å². The van der Waals surface area contributed by atoms with E-state index in [2.05, 4.69) is 26.2 Å². The molecule has 0 radical (unpaired) electrons. The Morgan fingerprint density at radius 1 is 1.47 bits per heavy atom. The van der Waals surface area contributed by atoms with Crippen molar-refractivity contribution in [3.8, 4) is 0 Å². The molecule has 0 saturated carbocycles. The number of amides is 1. The summed E-state index contributed by atoms with van der Waals surface area (Å²) in [5.41, 5.74) is 0. The molecule has 0 aromatic carbocycles. The van der Waals surface area contributed by atoms with Crippen LogP contribution in [-0.4, -0.2) is 34.9 Å². The fourth-order valence-electron chi connectivity index (χ4n) is 1.55. The maximum Gasteiger partial charge on any atom is 0.244 e. The average Bonchev–Trinajstić information content (AvgIpc) is 2.33. The van der Waals surface area contributed by atoms with Crippen LogP contribution >= 0.6 is 15.9 Å². The van der Waals surface area contributed by atoms with Crippen LogP contribution in [0.25, 0.3) is 0 Å². The number of anilines is 1. The lowest BCUT2D eigenvalue weighted by molar-refractivity contribution is -0.131. The normalized spacial score (nSPS) is 12.0. The third-order valence-corrected chi connectivity index (χ3v) is 3.01. The minimum atomic E-state index is -0.261. The summed E-state index contributed by atoms with van der Waals surface area (Å²) >= 11 is 3.32. The summed E-state index contributed by atoms with van der Waals surface area (Å²) in [6.07, 6.45) is 1.71. The summed E-state index contributed by atoms with van der Waals surface area (Å²) in [5, 5.41) is 3.09. The average molecular weight is 300 g/mol. The van der Waals surface area contributed by atoms with Crippen molar-refractivity contribution in [3.05, 3.63) is 22.8 Å². The molecule has 0 aliphatic heterocycles. The molecule has 0 aliphatic carbocycles. The minimum absolute atomic E-state index is 0.0970. The molecule has 17 heavy (non-hydrogen) atoms. The first-order valence-electron chi connectivity index (χ1n) is 5.75. The largest absolute Gasteiger partial charge is 0.359 e. The van der Waals surface area contributed by atoms with E-state index >= 15 is 0 Å². The molecule has 5 heteroatoms. The Morgan fingerprint density at radius 3 is 2.59 bits per heavy atom. The fraction of sp³-hybridized carbons (Fsp3) is 0.500. The van der Waals surface area contributed by atoms with Crippen molar-refractivity contribution in [2.45, 2.75) is 26.8 Å². The predicted molar refractivity (Wildman–Crippen MR) is 72.9 cm³/mol. The second-order valence-corrected chi connectivity index (χ2v) is 4.65. The smallest absolute Gasteiger partial charge is 0.244 e. The summed E-state index contributed by atoms with van der Waals surface area (Å²) in [7, 11) is 0. The topological polar surface area (TPSA) is 45.2 Å². The summed E-state index contributed by atoms with van der Waals surface area (Å²) < 4.78 is 0.922. The van der Waals surface area contributed by atoms with Gasteiger partial charge in [-0.25, -0.2) is 4.98 Å². The molecule has 0 aliphatic rings. The van der Waals surface area contributed by atoms with E-state index in [4.69, 9.17) is 0 Å². The number of aromatic nitrogens is 1. The van der Waals surface area contributed by atoms with Gasteiger partial charge in [0, 0.05) is 23.8 Å². The number of nitrogens with zero attached hydrogens (tertiary/aromatic N) is 2. The number of rotatable bonds is 5. The van der Waals surface area contributed by atoms with Gasteiger partial charge in [0.1, 0.15) is 11.9 Å². The van der Waals surface area contributed by atoms with Crippen LogP contribution in [0.3, 0.4) is 0 Å². The Kier molecular flexibility index (Phi) is 5.41. The molecule has 1 atom stereocenters. The number of pyridine rings is 1. The molecular weight excluding hydrogens is 282 g/mol. The Bertz CT molecular complexity index is 363. The lowest BCUT2D eigenvalue weighted by Gasteiger charge is -2.23. The van der Waals surface area contributed by atoms with Gasteiger partial charge in [-0.3, -0.25) is 4.79 Å². The third-order valence-electron chi connectivity index (χ3n) is 2.54. The number of nitrogens with one attached hydrogen (secondary N) is 1. The molecule has 1 N–H and O–H groups in total. The Labute approximate surface area is 111 Å². The first-order valence-corrected chi connectivity index (χ1v) is 6.54. The molecule has 1 rings (SSSR count). The van der Waals surface area contributed by atoms with Gasteiger partial charge in [-0.2, -0.15) is 0 Å². The van der Waals surface area contributed by atoms with Gasteiger partial charge in [0.05, 0.1) is 0 Å². The Hall–Kier alpha value is -1.10. The molecule has 1 amide bonds. The van der Waals surface area contributed by atoms with Crippen LogP contribution in [0.15, 0.2) is 22.8 Å². The van der Waals surface area contributed by atoms with Crippen molar-refractivity contribution >= 4 is 27.7 Å². The second-order valence-electron chi connectivity index (χ2n) is 3.74. The standard InChI is InChI=1S/C12H18BrN3O/c1-4-16(5-2)12(17)9(3)15-11-7-6-10(13)8-14-11/h6-9H,4-5H2,1-3H3,(H,14,15). The second kappa shape index (κ2) is 6.59. The van der Waals surface area contributed by atoms with E-state index < -0.39 is 0 Å². The van der Waals surface area contributed by atoms with Crippen LogP contribution in [0.4, 0.5) is 5.82 Å². The lowest BCUT2D eigenvalue weighted by Crippen LogP contribution is -2.41. The highest BCUT2D eigenvalue weighted by Crippen LogP contribution is 2.11. The highest BCUT2D eigenvalue weighted by Gasteiger charge is 2.17. The molecule has 1 heterocycles. The number of likely N-dealkylation sites (N-methyl/N-ethyl adjacent to an activating group) is 1. The first-order chi connectivity index (χ1) is 8.08. The molecule has 1 aromatic rings. The Balaban J connectivity index is 2.62. The summed E-state index contributed by atoms with van der Waals surface area (Å²) in [5.74, 6) is 0.806. The molecule has 4 nitrogen and oxygen atoms in total. The molecular formula is C12H18BrN3O. The van der Waals surface area contributed by atoms with Gasteiger partial charge < -0.3 is 10.2 Å². The zero-order chi connectivity index (χ0) is 12.8. The zero-order valence-corrected chi connectivity index (χ0v) is 12.0. The fourth-order valence-corrected chi connectivity index (χ4v) is 1.79. The van der Waals surface area contributed by atoms with Crippen LogP contribution in [-0.2, 0) is 4.79 Å². The number of carbonyl (C=O) groups excluding carboxylic acids is 1. The zero-order valence-electron chi connectivity index (χ0n) is 10.4. The summed E-state index contributed by atoms with van der Waals surface area (Å²) in [6, 6.07) is 3.48. The maximum absolute atomic E-state index is 12.0. The van der Waals surface area contributed by atoms with Crippen LogP contribution < -0.4 is 5.32 Å². The maximum atomic E-state index is 12.0. The molecule has 0 fully saturated rings. The van der Waals surface area contributed by atoms with Gasteiger partial charge in [-0.05, 0) is 48.8 Å². The highest BCUT2D eigenvalue weighted by atomic mass is 79.9. The van der Waals surface area contributed by atoms with Crippen molar-refractivity contribution in [2.75, 3.05) is 18.4 Å². The first kappa shape index (κ1) is 14.0. The SMILES string of the molecule is CCN(CC)C(=O)C(C)Nc1ccc(Br)cn1. The summed E-state index contributed by atoms with van der Waals surface area (Å²) in [4.78, 5) is 18.0. The molecule has 1 unspecified atom stereocenters. The van der Waals surface area contributed by atoms with E-state index in [1.807, 2.05) is 32.9 Å². The molecule has 94 valence electrons. The van der Waals surface area contributed by atoms with E-state index in [1.165, 1.54) is 0 Å². The van der Waals surface area contributed by atoms with Gasteiger partial charge in [0.2, 0.25) is 5.91 Å². The number of carbonyl (C=O) groups is 1. The van der Waals surface area contributed by atoms with Gasteiger partial charge in [-0.1, -0.05) is 0 Å². The molecule has 0 saturated heterocycles. The molecule has 0 bridgehead atoms. The van der Waals surface area contributed by atoms with Gasteiger partial charge in [0.15, 0.2) is 0 Å². The van der Waals surface area contributed by atoms with Crippen LogP contribution in [0.2, 0.25) is 0 Å². The van der Waals surface area contributed by atoms with Crippen LogP contribution in [0.1, 0.15) is 20.8 Å². The van der Waals surface area contributed by atoms with Gasteiger partial charge >= 0.3 is 0 Å². The predicted octanol–water partition coefficient (Wildman–Crippen LogP) is 2.51. The van der Waals surface area contributed by atoms with Crippen molar-refractivity contribution < 1.29 is 4.79 Å². The van der Waals surface area contributed by atoms with Gasteiger partial charge in [0.25, 0.3) is 0 Å². The van der Waals surface area contributed by atoms with E-state index in [-0.39, 0.29) is 11.9 Å². The van der Waals surface area contributed by atoms with Gasteiger partial charge in [-0.15, -0.1) is 0 Å². The van der Waals surface area contributed by atoms with E-state index in [1.54, 1.807) is 11.1 Å². The van der Waals surface area contributed by atoms with Crippen LogP contribution in [0, 0.1) is 0 Å². The number of hydrogen-bond acceptors (Lipinski definition) is 3. The molecule has 0 spiro atoms. The van der Waals surface area contributed by atoms with Crippen LogP contribution in [0.5, 0.6) is 0 Å². The monoisotopic (exact) mass is 299 g/mol. The van der Waals surface area contributed by atoms with E-state index in [0.717, 1.165) is 17.6 Å².